The molecule has 0 spiro atoms. The number of benzene rings is 1. The van der Waals surface area contributed by atoms with E-state index in [0.29, 0.717) is 12.1 Å². The van der Waals surface area contributed by atoms with E-state index in [2.05, 4.69) is 0 Å². The van der Waals surface area contributed by atoms with Crippen molar-refractivity contribution in [3.05, 3.63) is 39.4 Å². The van der Waals surface area contributed by atoms with Crippen LogP contribution in [0.2, 0.25) is 0 Å². The van der Waals surface area contributed by atoms with Crippen molar-refractivity contribution in [1.82, 2.24) is 4.90 Å². The van der Waals surface area contributed by atoms with Gasteiger partial charge < -0.3 is 9.64 Å². The summed E-state index contributed by atoms with van der Waals surface area (Å²) in [5, 5.41) is 10.9. The van der Waals surface area contributed by atoms with Gasteiger partial charge in [0, 0.05) is 24.2 Å². The standard InChI is InChI=1S/C16H20N2O5/c1-11-6-7-13(9-14(11)18(21)22)16(20)23-10-15(19)17-8-4-3-5-12(17)2/h6-7,9,12H,3-5,8,10H2,1-2H3. The Labute approximate surface area is 134 Å². The maximum Gasteiger partial charge on any atom is 0.338 e. The molecule has 0 aromatic heterocycles. The van der Waals surface area contributed by atoms with Gasteiger partial charge in [0.25, 0.3) is 11.6 Å². The van der Waals surface area contributed by atoms with Crippen molar-refractivity contribution in [1.29, 1.82) is 0 Å². The molecule has 0 saturated carbocycles. The Morgan fingerprint density at radius 2 is 2.13 bits per heavy atom. The summed E-state index contributed by atoms with van der Waals surface area (Å²) in [6.07, 6.45) is 3.00. The van der Waals surface area contributed by atoms with E-state index in [1.165, 1.54) is 18.2 Å². The SMILES string of the molecule is Cc1ccc(C(=O)OCC(=O)N2CCCCC2C)cc1[N+](=O)[O-]. The maximum atomic E-state index is 12.1. The van der Waals surface area contributed by atoms with Crippen molar-refractivity contribution < 1.29 is 19.2 Å². The van der Waals surface area contributed by atoms with Gasteiger partial charge in [-0.15, -0.1) is 0 Å². The van der Waals surface area contributed by atoms with Crippen LogP contribution in [0, 0.1) is 17.0 Å². The van der Waals surface area contributed by atoms with Crippen molar-refractivity contribution in [2.75, 3.05) is 13.2 Å². The lowest BCUT2D eigenvalue weighted by Gasteiger charge is -2.33. The minimum absolute atomic E-state index is 0.0711. The molecule has 7 heteroatoms. The molecule has 2 rings (SSSR count). The van der Waals surface area contributed by atoms with Gasteiger partial charge in [-0.3, -0.25) is 14.9 Å². The summed E-state index contributed by atoms with van der Waals surface area (Å²) in [6, 6.07) is 4.27. The number of hydrogen-bond acceptors (Lipinski definition) is 5. The fourth-order valence-corrected chi connectivity index (χ4v) is 2.70. The van der Waals surface area contributed by atoms with Crippen LogP contribution in [0.4, 0.5) is 5.69 Å². The van der Waals surface area contributed by atoms with Gasteiger partial charge in [-0.05, 0) is 39.2 Å². The zero-order chi connectivity index (χ0) is 17.0. The molecule has 1 aromatic carbocycles. The molecule has 7 nitrogen and oxygen atoms in total. The molecule has 1 aliphatic heterocycles. The zero-order valence-electron chi connectivity index (χ0n) is 13.3. The predicted octanol–water partition coefficient (Wildman–Crippen LogP) is 2.46. The lowest BCUT2D eigenvalue weighted by atomic mass is 10.0. The quantitative estimate of drug-likeness (QED) is 0.483. The van der Waals surface area contributed by atoms with Crippen LogP contribution in [0.1, 0.15) is 42.1 Å². The number of hydrogen-bond donors (Lipinski definition) is 0. The number of likely N-dealkylation sites (tertiary alicyclic amines) is 1. The highest BCUT2D eigenvalue weighted by Gasteiger charge is 2.24. The van der Waals surface area contributed by atoms with Crippen LogP contribution in [0.15, 0.2) is 18.2 Å². The number of piperidine rings is 1. The lowest BCUT2D eigenvalue weighted by molar-refractivity contribution is -0.385. The smallest absolute Gasteiger partial charge is 0.338 e. The van der Waals surface area contributed by atoms with Crippen molar-refractivity contribution in [2.45, 2.75) is 39.2 Å². The molecule has 124 valence electrons. The van der Waals surface area contributed by atoms with Crippen LogP contribution in [0.5, 0.6) is 0 Å². The largest absolute Gasteiger partial charge is 0.452 e. The molecule has 1 saturated heterocycles. The Morgan fingerprint density at radius 3 is 2.78 bits per heavy atom. The summed E-state index contributed by atoms with van der Waals surface area (Å²) >= 11 is 0. The molecule has 0 bridgehead atoms. The normalized spacial score (nSPS) is 17.7. The fourth-order valence-electron chi connectivity index (χ4n) is 2.70. The van der Waals surface area contributed by atoms with Gasteiger partial charge in [0.05, 0.1) is 10.5 Å². The Balaban J connectivity index is 1.98. The lowest BCUT2D eigenvalue weighted by Crippen LogP contribution is -2.44. The maximum absolute atomic E-state index is 12.1. The Morgan fingerprint density at radius 1 is 1.39 bits per heavy atom. The van der Waals surface area contributed by atoms with Crippen LogP contribution in [-0.4, -0.2) is 40.9 Å². The Hall–Kier alpha value is -2.44. The minimum Gasteiger partial charge on any atom is -0.452 e. The average molecular weight is 320 g/mol. The topological polar surface area (TPSA) is 89.8 Å². The van der Waals surface area contributed by atoms with Gasteiger partial charge in [-0.25, -0.2) is 4.79 Å². The van der Waals surface area contributed by atoms with Crippen LogP contribution in [0.3, 0.4) is 0 Å². The first-order valence-electron chi connectivity index (χ1n) is 7.62. The first-order chi connectivity index (χ1) is 10.9. The van der Waals surface area contributed by atoms with E-state index >= 15 is 0 Å². The molecule has 0 N–H and O–H groups in total. The van der Waals surface area contributed by atoms with Crippen LogP contribution < -0.4 is 0 Å². The van der Waals surface area contributed by atoms with Gasteiger partial charge in [0.2, 0.25) is 0 Å². The number of carbonyl (C=O) groups excluding carboxylic acids is 2. The van der Waals surface area contributed by atoms with Gasteiger partial charge in [-0.2, -0.15) is 0 Å². The van der Waals surface area contributed by atoms with E-state index < -0.39 is 10.9 Å². The Bertz CT molecular complexity index is 629. The summed E-state index contributed by atoms with van der Waals surface area (Å²) in [4.78, 5) is 36.2. The second kappa shape index (κ2) is 7.21. The molecule has 23 heavy (non-hydrogen) atoms. The third-order valence-corrected chi connectivity index (χ3v) is 4.09. The highest BCUT2D eigenvalue weighted by molar-refractivity contribution is 5.92. The highest BCUT2D eigenvalue weighted by Crippen LogP contribution is 2.20. The van der Waals surface area contributed by atoms with Gasteiger partial charge in [-0.1, -0.05) is 6.07 Å². The Kier molecular flexibility index (Phi) is 5.31. The summed E-state index contributed by atoms with van der Waals surface area (Å²) in [7, 11) is 0. The van der Waals surface area contributed by atoms with Crippen molar-refractivity contribution >= 4 is 17.6 Å². The van der Waals surface area contributed by atoms with Crippen LogP contribution in [-0.2, 0) is 9.53 Å². The molecule has 1 unspecified atom stereocenters. The van der Waals surface area contributed by atoms with E-state index in [1.54, 1.807) is 11.8 Å². The molecule has 1 heterocycles. The van der Waals surface area contributed by atoms with Crippen molar-refractivity contribution in [3.63, 3.8) is 0 Å². The van der Waals surface area contributed by atoms with Crippen molar-refractivity contribution in [2.24, 2.45) is 0 Å². The summed E-state index contributed by atoms with van der Waals surface area (Å²) in [6.45, 7) is 3.90. The van der Waals surface area contributed by atoms with E-state index in [1.807, 2.05) is 6.92 Å². The molecule has 1 aliphatic rings. The second-order valence-corrected chi connectivity index (χ2v) is 5.77. The molecule has 1 aromatic rings. The van der Waals surface area contributed by atoms with E-state index in [-0.39, 0.29) is 29.8 Å². The number of rotatable bonds is 4. The average Bonchev–Trinajstić information content (AvgIpc) is 2.52. The van der Waals surface area contributed by atoms with E-state index in [0.717, 1.165) is 19.3 Å². The number of amides is 1. The first kappa shape index (κ1) is 16.9. The first-order valence-corrected chi connectivity index (χ1v) is 7.62. The molecular formula is C16H20N2O5. The van der Waals surface area contributed by atoms with E-state index in [9.17, 15) is 19.7 Å². The van der Waals surface area contributed by atoms with E-state index in [4.69, 9.17) is 4.74 Å². The van der Waals surface area contributed by atoms with Crippen LogP contribution >= 0.6 is 0 Å². The van der Waals surface area contributed by atoms with Crippen LogP contribution in [0.25, 0.3) is 0 Å². The highest BCUT2D eigenvalue weighted by atomic mass is 16.6. The number of esters is 1. The third kappa shape index (κ3) is 4.06. The van der Waals surface area contributed by atoms with Crippen molar-refractivity contribution in [3.8, 4) is 0 Å². The number of carbonyl (C=O) groups is 2. The molecule has 1 atom stereocenters. The second-order valence-electron chi connectivity index (χ2n) is 5.77. The molecule has 1 fully saturated rings. The monoisotopic (exact) mass is 320 g/mol. The zero-order valence-corrected chi connectivity index (χ0v) is 13.3. The number of nitro groups is 1. The number of nitrogens with zero attached hydrogens (tertiary/aromatic N) is 2. The molecular weight excluding hydrogens is 300 g/mol. The summed E-state index contributed by atoms with van der Waals surface area (Å²) in [5.41, 5.74) is 0.391. The fraction of sp³-hybridized carbons (Fsp3) is 0.500. The summed E-state index contributed by atoms with van der Waals surface area (Å²) < 4.78 is 5.01. The predicted molar refractivity (Wildman–Crippen MR) is 83.1 cm³/mol. The molecule has 0 radical (unpaired) electrons. The number of ether oxygens (including phenoxy) is 1. The van der Waals surface area contributed by atoms with Gasteiger partial charge in [0.15, 0.2) is 6.61 Å². The molecule has 1 amide bonds. The van der Waals surface area contributed by atoms with Gasteiger partial charge in [0.1, 0.15) is 0 Å². The summed E-state index contributed by atoms with van der Waals surface area (Å²) in [5.74, 6) is -0.960. The minimum atomic E-state index is -0.730. The number of nitro benzene ring substituents is 1. The third-order valence-electron chi connectivity index (χ3n) is 4.09. The molecule has 0 aliphatic carbocycles. The number of aryl methyl sites for hydroxylation is 1. The van der Waals surface area contributed by atoms with Gasteiger partial charge >= 0.3 is 5.97 Å².